The number of carbonyl (C=O) groups is 1. The number of carbonyl (C=O) groups excluding carboxylic acids is 1. The summed E-state index contributed by atoms with van der Waals surface area (Å²) in [4.78, 5) is 16.9. The summed E-state index contributed by atoms with van der Waals surface area (Å²) in [6, 6.07) is 8.87. The number of hydrogen-bond donors (Lipinski definition) is 1. The highest BCUT2D eigenvalue weighted by Crippen LogP contribution is 2.31. The van der Waals surface area contributed by atoms with E-state index in [4.69, 9.17) is 0 Å². The van der Waals surface area contributed by atoms with E-state index >= 15 is 0 Å². The molecule has 0 saturated carbocycles. The van der Waals surface area contributed by atoms with Crippen molar-refractivity contribution in [2.75, 3.05) is 0 Å². The maximum absolute atomic E-state index is 13.0. The monoisotopic (exact) mass is 347 g/mol. The first-order chi connectivity index (χ1) is 11.8. The van der Waals surface area contributed by atoms with Crippen LogP contribution < -0.4 is 5.32 Å². The third kappa shape index (κ3) is 3.22. The Kier molecular flexibility index (Phi) is 4.24. The van der Waals surface area contributed by atoms with Crippen LogP contribution in [-0.4, -0.2) is 15.3 Å². The number of nitrogens with one attached hydrogen (secondary N) is 1. The Morgan fingerprint density at radius 3 is 2.60 bits per heavy atom. The van der Waals surface area contributed by atoms with Gasteiger partial charge in [-0.1, -0.05) is 24.3 Å². The van der Waals surface area contributed by atoms with Crippen LogP contribution in [0.25, 0.3) is 5.65 Å². The minimum atomic E-state index is -4.46. The lowest BCUT2D eigenvalue weighted by atomic mass is 10.1. The van der Waals surface area contributed by atoms with Gasteiger partial charge in [-0.05, 0) is 37.1 Å². The second-order valence-electron chi connectivity index (χ2n) is 5.77. The molecule has 1 N–H and O–H groups in total. The molecule has 25 heavy (non-hydrogen) atoms. The summed E-state index contributed by atoms with van der Waals surface area (Å²) in [5.41, 5.74) is 1.68. The SMILES string of the molecule is Cc1nc2c(C)cccn2c1C(=O)NCc1ccccc1C(F)(F)F. The molecule has 7 heteroatoms. The summed E-state index contributed by atoms with van der Waals surface area (Å²) in [5, 5.41) is 2.57. The molecule has 0 unspecified atom stereocenters. The average molecular weight is 347 g/mol. The van der Waals surface area contributed by atoms with Crippen molar-refractivity contribution in [3.63, 3.8) is 0 Å². The third-order valence-corrected chi connectivity index (χ3v) is 4.00. The number of rotatable bonds is 3. The van der Waals surface area contributed by atoms with E-state index in [1.165, 1.54) is 18.2 Å². The topological polar surface area (TPSA) is 46.4 Å². The van der Waals surface area contributed by atoms with Crippen LogP contribution in [0.15, 0.2) is 42.6 Å². The van der Waals surface area contributed by atoms with E-state index < -0.39 is 17.6 Å². The second-order valence-corrected chi connectivity index (χ2v) is 5.77. The molecular formula is C18H16F3N3O. The molecule has 2 heterocycles. The molecule has 0 bridgehead atoms. The number of imidazole rings is 1. The number of benzene rings is 1. The first-order valence-electron chi connectivity index (χ1n) is 7.66. The molecule has 0 aliphatic rings. The maximum Gasteiger partial charge on any atom is 0.416 e. The number of pyridine rings is 1. The van der Waals surface area contributed by atoms with Gasteiger partial charge in [0.2, 0.25) is 0 Å². The van der Waals surface area contributed by atoms with Crippen LogP contribution >= 0.6 is 0 Å². The normalized spacial score (nSPS) is 11.7. The lowest BCUT2D eigenvalue weighted by molar-refractivity contribution is -0.138. The Bertz CT molecular complexity index is 944. The zero-order valence-electron chi connectivity index (χ0n) is 13.7. The van der Waals surface area contributed by atoms with E-state index in [2.05, 4.69) is 10.3 Å². The number of nitrogens with zero attached hydrogens (tertiary/aromatic N) is 2. The summed E-state index contributed by atoms with van der Waals surface area (Å²) in [5.74, 6) is -0.465. The Morgan fingerprint density at radius 1 is 1.16 bits per heavy atom. The lowest BCUT2D eigenvalue weighted by Crippen LogP contribution is -2.26. The van der Waals surface area contributed by atoms with Crippen LogP contribution in [-0.2, 0) is 12.7 Å². The number of amides is 1. The molecule has 3 aromatic rings. The van der Waals surface area contributed by atoms with Crippen LogP contribution in [0.4, 0.5) is 13.2 Å². The predicted octanol–water partition coefficient (Wildman–Crippen LogP) is 3.90. The fourth-order valence-electron chi connectivity index (χ4n) is 2.80. The van der Waals surface area contributed by atoms with Crippen molar-refractivity contribution >= 4 is 11.6 Å². The van der Waals surface area contributed by atoms with Crippen molar-refractivity contribution in [2.45, 2.75) is 26.6 Å². The summed E-state index contributed by atoms with van der Waals surface area (Å²) < 4.78 is 40.8. The van der Waals surface area contributed by atoms with Gasteiger partial charge in [0.25, 0.3) is 5.91 Å². The van der Waals surface area contributed by atoms with Crippen molar-refractivity contribution in [2.24, 2.45) is 0 Å². The molecule has 0 atom stereocenters. The van der Waals surface area contributed by atoms with E-state index in [0.717, 1.165) is 11.6 Å². The Hall–Kier alpha value is -2.83. The first kappa shape index (κ1) is 17.0. The van der Waals surface area contributed by atoms with Crippen LogP contribution in [0, 0.1) is 13.8 Å². The molecule has 1 aromatic carbocycles. The molecule has 0 radical (unpaired) electrons. The van der Waals surface area contributed by atoms with Gasteiger partial charge in [-0.25, -0.2) is 4.98 Å². The van der Waals surface area contributed by atoms with Gasteiger partial charge in [0, 0.05) is 12.7 Å². The quantitative estimate of drug-likeness (QED) is 0.781. The van der Waals surface area contributed by atoms with Gasteiger partial charge in [-0.2, -0.15) is 13.2 Å². The van der Waals surface area contributed by atoms with Gasteiger partial charge in [0.15, 0.2) is 0 Å². The highest BCUT2D eigenvalue weighted by Gasteiger charge is 2.33. The number of halogens is 3. The zero-order valence-corrected chi connectivity index (χ0v) is 13.7. The molecule has 1 amide bonds. The predicted molar refractivity (Wildman–Crippen MR) is 87.3 cm³/mol. The van der Waals surface area contributed by atoms with Gasteiger partial charge < -0.3 is 5.32 Å². The van der Waals surface area contributed by atoms with Crippen molar-refractivity contribution in [3.8, 4) is 0 Å². The van der Waals surface area contributed by atoms with Gasteiger partial charge in [-0.3, -0.25) is 9.20 Å². The maximum atomic E-state index is 13.0. The lowest BCUT2D eigenvalue weighted by Gasteiger charge is -2.13. The summed E-state index contributed by atoms with van der Waals surface area (Å²) in [7, 11) is 0. The van der Waals surface area contributed by atoms with E-state index in [-0.39, 0.29) is 12.1 Å². The fourth-order valence-corrected chi connectivity index (χ4v) is 2.80. The molecule has 0 spiro atoms. The molecule has 0 fully saturated rings. The Balaban J connectivity index is 1.88. The van der Waals surface area contributed by atoms with Gasteiger partial charge in [0.1, 0.15) is 11.3 Å². The number of fused-ring (bicyclic) bond motifs is 1. The summed E-state index contributed by atoms with van der Waals surface area (Å²) >= 11 is 0. The van der Waals surface area contributed by atoms with Crippen LogP contribution in [0.2, 0.25) is 0 Å². The molecule has 2 aromatic heterocycles. The molecule has 0 aliphatic carbocycles. The van der Waals surface area contributed by atoms with Gasteiger partial charge in [-0.15, -0.1) is 0 Å². The fraction of sp³-hybridized carbons (Fsp3) is 0.222. The van der Waals surface area contributed by atoms with Crippen molar-refractivity contribution in [1.29, 1.82) is 0 Å². The largest absolute Gasteiger partial charge is 0.416 e. The third-order valence-electron chi connectivity index (χ3n) is 4.00. The van der Waals surface area contributed by atoms with Crippen LogP contribution in [0.5, 0.6) is 0 Å². The molecular weight excluding hydrogens is 331 g/mol. The highest BCUT2D eigenvalue weighted by molar-refractivity contribution is 5.94. The van der Waals surface area contributed by atoms with E-state index in [1.54, 1.807) is 23.6 Å². The number of hydrogen-bond acceptors (Lipinski definition) is 2. The molecule has 0 aliphatic heterocycles. The standard InChI is InChI=1S/C18H16F3N3O/c1-11-6-5-9-24-15(12(2)23-16(11)24)17(25)22-10-13-7-3-4-8-14(13)18(19,20)21/h3-9H,10H2,1-2H3,(H,22,25). The smallest absolute Gasteiger partial charge is 0.347 e. The highest BCUT2D eigenvalue weighted by atomic mass is 19.4. The minimum absolute atomic E-state index is 0.0194. The van der Waals surface area contributed by atoms with Gasteiger partial charge in [0.05, 0.1) is 11.3 Å². The van der Waals surface area contributed by atoms with Crippen molar-refractivity contribution in [3.05, 3.63) is 70.7 Å². The van der Waals surface area contributed by atoms with Crippen molar-refractivity contribution in [1.82, 2.24) is 14.7 Å². The average Bonchev–Trinajstić information content (AvgIpc) is 2.90. The number of aromatic nitrogens is 2. The Morgan fingerprint density at radius 2 is 1.88 bits per heavy atom. The van der Waals surface area contributed by atoms with Crippen LogP contribution in [0.3, 0.4) is 0 Å². The molecule has 130 valence electrons. The summed E-state index contributed by atoms with van der Waals surface area (Å²) in [6.07, 6.45) is -2.75. The first-order valence-corrected chi connectivity index (χ1v) is 7.66. The van der Waals surface area contributed by atoms with Gasteiger partial charge >= 0.3 is 6.18 Å². The second kappa shape index (κ2) is 6.23. The summed E-state index contributed by atoms with van der Waals surface area (Å²) in [6.45, 7) is 3.36. The van der Waals surface area contributed by atoms with E-state index in [1.807, 2.05) is 13.0 Å². The zero-order chi connectivity index (χ0) is 18.2. The number of alkyl halides is 3. The molecule has 3 rings (SSSR count). The number of aryl methyl sites for hydroxylation is 2. The Labute approximate surface area is 142 Å². The molecule has 0 saturated heterocycles. The van der Waals surface area contributed by atoms with E-state index in [0.29, 0.717) is 17.0 Å². The van der Waals surface area contributed by atoms with Crippen LogP contribution in [0.1, 0.15) is 32.9 Å². The van der Waals surface area contributed by atoms with Crippen molar-refractivity contribution < 1.29 is 18.0 Å². The van der Waals surface area contributed by atoms with E-state index in [9.17, 15) is 18.0 Å². The minimum Gasteiger partial charge on any atom is -0.347 e. The molecule has 4 nitrogen and oxygen atoms in total.